The zero-order chi connectivity index (χ0) is 13.4. The number of urea groups is 1. The molecule has 102 valence electrons. The summed E-state index contributed by atoms with van der Waals surface area (Å²) in [4.78, 5) is 18.6. The average Bonchev–Trinajstić information content (AvgIpc) is 2.86. The molecule has 4 nitrogen and oxygen atoms in total. The Balaban J connectivity index is 1.65. The van der Waals surface area contributed by atoms with E-state index in [1.807, 2.05) is 30.9 Å². The van der Waals surface area contributed by atoms with Crippen LogP contribution in [0.5, 0.6) is 0 Å². The van der Waals surface area contributed by atoms with Crippen molar-refractivity contribution in [2.24, 2.45) is 11.8 Å². The van der Waals surface area contributed by atoms with E-state index in [0.717, 1.165) is 36.2 Å². The Kier molecular flexibility index (Phi) is 3.17. The summed E-state index contributed by atoms with van der Waals surface area (Å²) in [6.07, 6.45) is 3.91. The number of fused-ring (bicyclic) bond motifs is 1. The molecule has 2 heterocycles. The average molecular weight is 259 g/mol. The number of aromatic nitrogens is 1. The first kappa shape index (κ1) is 12.5. The van der Waals surface area contributed by atoms with Crippen LogP contribution in [-0.2, 0) is 0 Å². The van der Waals surface area contributed by atoms with Crippen molar-refractivity contribution in [1.29, 1.82) is 0 Å². The highest BCUT2D eigenvalue weighted by Crippen LogP contribution is 2.37. The first-order chi connectivity index (χ1) is 9.11. The zero-order valence-corrected chi connectivity index (χ0v) is 11.6. The lowest BCUT2D eigenvalue weighted by Gasteiger charge is -2.18. The lowest BCUT2D eigenvalue weighted by molar-refractivity contribution is 0.218. The molecular weight excluding hydrogens is 238 g/mol. The minimum atomic E-state index is 0.00639. The molecule has 1 N–H and O–H groups in total. The normalized spacial score (nSPS) is 25.5. The highest BCUT2D eigenvalue weighted by Gasteiger charge is 2.38. The fraction of sp³-hybridized carbons (Fsp3) is 0.600. The van der Waals surface area contributed by atoms with Crippen molar-refractivity contribution in [2.75, 3.05) is 18.4 Å². The molecule has 4 heteroatoms. The molecule has 2 atom stereocenters. The van der Waals surface area contributed by atoms with E-state index in [9.17, 15) is 4.79 Å². The lowest BCUT2D eigenvalue weighted by atomic mass is 10.0. The molecule has 1 aliphatic carbocycles. The molecule has 19 heavy (non-hydrogen) atoms. The van der Waals surface area contributed by atoms with Gasteiger partial charge in [-0.25, -0.2) is 9.78 Å². The Morgan fingerprint density at radius 2 is 1.95 bits per heavy atom. The molecule has 2 amide bonds. The van der Waals surface area contributed by atoms with E-state index >= 15 is 0 Å². The summed E-state index contributed by atoms with van der Waals surface area (Å²) in [5.41, 5.74) is 2.06. The summed E-state index contributed by atoms with van der Waals surface area (Å²) in [5, 5.41) is 2.93. The van der Waals surface area contributed by atoms with Crippen LogP contribution in [-0.4, -0.2) is 29.0 Å². The summed E-state index contributed by atoms with van der Waals surface area (Å²) in [6, 6.07) is 3.93. The van der Waals surface area contributed by atoms with Gasteiger partial charge in [-0.15, -0.1) is 0 Å². The first-order valence-corrected chi connectivity index (χ1v) is 7.13. The predicted molar refractivity (Wildman–Crippen MR) is 75.1 cm³/mol. The van der Waals surface area contributed by atoms with Gasteiger partial charge in [-0.1, -0.05) is 6.42 Å². The van der Waals surface area contributed by atoms with Gasteiger partial charge in [0, 0.05) is 18.8 Å². The number of amides is 2. The van der Waals surface area contributed by atoms with Gasteiger partial charge < -0.3 is 4.90 Å². The Morgan fingerprint density at radius 1 is 1.26 bits per heavy atom. The van der Waals surface area contributed by atoms with Crippen LogP contribution in [0.1, 0.15) is 30.5 Å². The minimum Gasteiger partial charge on any atom is -0.324 e. The SMILES string of the molecule is Cc1cc(C)nc(NC(=O)N2C[C@@H]3CCC[C@H]3C2)c1. The maximum absolute atomic E-state index is 12.2. The van der Waals surface area contributed by atoms with E-state index in [4.69, 9.17) is 0 Å². The summed E-state index contributed by atoms with van der Waals surface area (Å²) >= 11 is 0. The lowest BCUT2D eigenvalue weighted by Crippen LogP contribution is -2.34. The van der Waals surface area contributed by atoms with Crippen molar-refractivity contribution >= 4 is 11.8 Å². The number of carbonyl (C=O) groups is 1. The monoisotopic (exact) mass is 259 g/mol. The van der Waals surface area contributed by atoms with Gasteiger partial charge >= 0.3 is 6.03 Å². The van der Waals surface area contributed by atoms with Gasteiger partial charge in [0.1, 0.15) is 5.82 Å². The molecule has 0 unspecified atom stereocenters. The van der Waals surface area contributed by atoms with E-state index < -0.39 is 0 Å². The topological polar surface area (TPSA) is 45.2 Å². The molecule has 0 spiro atoms. The van der Waals surface area contributed by atoms with Crippen LogP contribution in [0.15, 0.2) is 12.1 Å². The van der Waals surface area contributed by atoms with Crippen LogP contribution in [0.3, 0.4) is 0 Å². The largest absolute Gasteiger partial charge is 0.324 e. The van der Waals surface area contributed by atoms with Crippen molar-refractivity contribution in [3.05, 3.63) is 23.4 Å². The van der Waals surface area contributed by atoms with Crippen molar-refractivity contribution in [3.8, 4) is 0 Å². The van der Waals surface area contributed by atoms with Crippen LogP contribution in [0.25, 0.3) is 0 Å². The first-order valence-electron chi connectivity index (χ1n) is 7.13. The number of anilines is 1. The third-order valence-electron chi connectivity index (χ3n) is 4.35. The number of nitrogens with one attached hydrogen (secondary N) is 1. The Bertz CT molecular complexity index is 468. The van der Waals surface area contributed by atoms with E-state index in [1.54, 1.807) is 0 Å². The van der Waals surface area contributed by atoms with Gasteiger partial charge in [0.15, 0.2) is 0 Å². The summed E-state index contributed by atoms with van der Waals surface area (Å²) in [6.45, 7) is 5.80. The third-order valence-corrected chi connectivity index (χ3v) is 4.35. The predicted octanol–water partition coefficient (Wildman–Crippen LogP) is 2.96. The standard InChI is InChI=1S/C15H21N3O/c1-10-6-11(2)16-14(7-10)17-15(19)18-8-12-4-3-5-13(12)9-18/h6-7,12-13H,3-5,8-9H2,1-2H3,(H,16,17,19)/t12-,13-/m0/s1. The molecule has 1 aromatic heterocycles. The second-order valence-corrected chi connectivity index (χ2v) is 5.96. The third kappa shape index (κ3) is 2.57. The van der Waals surface area contributed by atoms with Gasteiger partial charge in [0.25, 0.3) is 0 Å². The number of hydrogen-bond acceptors (Lipinski definition) is 2. The number of rotatable bonds is 1. The number of hydrogen-bond donors (Lipinski definition) is 1. The summed E-state index contributed by atoms with van der Waals surface area (Å²) in [7, 11) is 0. The molecule has 0 bridgehead atoms. The van der Waals surface area contributed by atoms with Gasteiger partial charge in [-0.2, -0.15) is 0 Å². The van der Waals surface area contributed by atoms with Crippen molar-refractivity contribution in [3.63, 3.8) is 0 Å². The second kappa shape index (κ2) is 4.83. The van der Waals surface area contributed by atoms with Crippen LogP contribution >= 0.6 is 0 Å². The smallest absolute Gasteiger partial charge is 0.323 e. The number of nitrogens with zero attached hydrogens (tertiary/aromatic N) is 2. The Morgan fingerprint density at radius 3 is 2.58 bits per heavy atom. The second-order valence-electron chi connectivity index (χ2n) is 5.96. The summed E-state index contributed by atoms with van der Waals surface area (Å²) < 4.78 is 0. The maximum atomic E-state index is 12.2. The number of aryl methyl sites for hydroxylation is 2. The van der Waals surface area contributed by atoms with Gasteiger partial charge in [0.05, 0.1) is 0 Å². The Hall–Kier alpha value is -1.58. The van der Waals surface area contributed by atoms with Gasteiger partial charge in [-0.05, 0) is 56.2 Å². The highest BCUT2D eigenvalue weighted by atomic mass is 16.2. The highest BCUT2D eigenvalue weighted by molar-refractivity contribution is 5.88. The minimum absolute atomic E-state index is 0.00639. The van der Waals surface area contributed by atoms with Crippen LogP contribution < -0.4 is 5.32 Å². The number of pyridine rings is 1. The molecule has 0 aromatic carbocycles. The van der Waals surface area contributed by atoms with Crippen LogP contribution in [0.4, 0.5) is 10.6 Å². The molecule has 1 saturated heterocycles. The molecule has 2 fully saturated rings. The zero-order valence-electron chi connectivity index (χ0n) is 11.6. The number of carbonyl (C=O) groups excluding carboxylic acids is 1. The van der Waals surface area contributed by atoms with E-state index in [-0.39, 0.29) is 6.03 Å². The van der Waals surface area contributed by atoms with E-state index in [2.05, 4.69) is 10.3 Å². The van der Waals surface area contributed by atoms with Crippen molar-refractivity contribution in [1.82, 2.24) is 9.88 Å². The van der Waals surface area contributed by atoms with Gasteiger partial charge in [-0.3, -0.25) is 5.32 Å². The molecule has 1 saturated carbocycles. The van der Waals surface area contributed by atoms with Crippen molar-refractivity contribution in [2.45, 2.75) is 33.1 Å². The van der Waals surface area contributed by atoms with Crippen LogP contribution in [0.2, 0.25) is 0 Å². The molecule has 1 aromatic rings. The number of likely N-dealkylation sites (tertiary alicyclic amines) is 1. The van der Waals surface area contributed by atoms with Crippen molar-refractivity contribution < 1.29 is 4.79 Å². The maximum Gasteiger partial charge on any atom is 0.323 e. The molecular formula is C15H21N3O. The molecule has 1 aliphatic heterocycles. The van der Waals surface area contributed by atoms with E-state index in [0.29, 0.717) is 5.82 Å². The molecule has 0 radical (unpaired) electrons. The Labute approximate surface area is 114 Å². The molecule has 2 aliphatic rings. The fourth-order valence-electron chi connectivity index (χ4n) is 3.49. The van der Waals surface area contributed by atoms with E-state index in [1.165, 1.54) is 19.3 Å². The molecule has 3 rings (SSSR count). The van der Waals surface area contributed by atoms with Crippen LogP contribution in [0, 0.1) is 25.7 Å². The van der Waals surface area contributed by atoms with Gasteiger partial charge in [0.2, 0.25) is 0 Å². The summed E-state index contributed by atoms with van der Waals surface area (Å²) in [5.74, 6) is 2.13. The fourth-order valence-corrected chi connectivity index (χ4v) is 3.49. The quantitative estimate of drug-likeness (QED) is 0.842.